The smallest absolute Gasteiger partial charge is 0.309 e. The fourth-order valence-electron chi connectivity index (χ4n) is 8.06. The van der Waals surface area contributed by atoms with Crippen molar-refractivity contribution in [1.82, 2.24) is 9.80 Å². The van der Waals surface area contributed by atoms with Crippen LogP contribution in [0.3, 0.4) is 0 Å². The maximum absolute atomic E-state index is 13.1. The number of aryl methyl sites for hydroxylation is 1. The van der Waals surface area contributed by atoms with Gasteiger partial charge in [-0.2, -0.15) is 17.0 Å². The molecule has 12 heteroatoms. The standard InChI is InChI=1S/C32H35N3O8S/c1-13-7-17-8-18-19(9-33)35-20-10-40-32(38)14(2)11-44-31(25(35)24(34(18)5)21(17)26(37)27(13)39-6)23-22(20)30-29(41-12-42-30)15(3)28(23)43-16(4)36/h7,14,18-20,24-25,31,37H,8,10-12H2,1-6H3/t14?,18-,19?,20-,24+,25?,31+/m0/s1. The first-order chi connectivity index (χ1) is 21.1. The maximum atomic E-state index is 13.1. The highest BCUT2D eigenvalue weighted by molar-refractivity contribution is 7.99. The summed E-state index contributed by atoms with van der Waals surface area (Å²) in [6.45, 7) is 6.93. The molecule has 2 aromatic carbocycles. The molecular weight excluding hydrogens is 586 g/mol. The summed E-state index contributed by atoms with van der Waals surface area (Å²) in [6.07, 6.45) is 0.542. The number of rotatable bonds is 2. The summed E-state index contributed by atoms with van der Waals surface area (Å²) in [6, 6.07) is 2.50. The normalized spacial score (nSPS) is 30.4. The number of thioether (sulfide) groups is 1. The minimum atomic E-state index is -0.606. The fourth-order valence-corrected chi connectivity index (χ4v) is 9.58. The number of carbonyl (C=O) groups is 2. The Morgan fingerprint density at radius 1 is 1.16 bits per heavy atom. The van der Waals surface area contributed by atoms with Gasteiger partial charge in [-0.1, -0.05) is 13.0 Å². The quantitative estimate of drug-likeness (QED) is 0.386. The fraction of sp³-hybridized carbons (Fsp3) is 0.531. The summed E-state index contributed by atoms with van der Waals surface area (Å²) in [5, 5.41) is 22.2. The number of nitriles is 1. The van der Waals surface area contributed by atoms with Gasteiger partial charge in [0.15, 0.2) is 23.0 Å². The Kier molecular flexibility index (Phi) is 6.91. The van der Waals surface area contributed by atoms with Crippen molar-refractivity contribution >= 4 is 23.7 Å². The van der Waals surface area contributed by atoms with E-state index in [1.165, 1.54) is 6.92 Å². The van der Waals surface area contributed by atoms with E-state index in [4.69, 9.17) is 23.7 Å². The monoisotopic (exact) mass is 621 g/mol. The number of benzene rings is 2. The van der Waals surface area contributed by atoms with Crippen LogP contribution in [0.1, 0.15) is 64.6 Å². The Morgan fingerprint density at radius 3 is 2.61 bits per heavy atom. The van der Waals surface area contributed by atoms with Crippen LogP contribution in [0, 0.1) is 31.1 Å². The minimum absolute atomic E-state index is 0.00697. The predicted octanol–water partition coefficient (Wildman–Crippen LogP) is 3.87. The molecule has 7 atom stereocenters. The number of piperazine rings is 1. The van der Waals surface area contributed by atoms with Crippen molar-refractivity contribution in [3.63, 3.8) is 0 Å². The number of methoxy groups -OCH3 is 1. The zero-order chi connectivity index (χ0) is 31.2. The Hall–Kier alpha value is -3.66. The Balaban J connectivity index is 1.56. The largest absolute Gasteiger partial charge is 0.504 e. The Labute approximate surface area is 259 Å². The van der Waals surface area contributed by atoms with Crippen LogP contribution in [-0.2, 0) is 20.7 Å². The van der Waals surface area contributed by atoms with E-state index < -0.39 is 18.1 Å². The molecule has 2 saturated heterocycles. The minimum Gasteiger partial charge on any atom is -0.504 e. The molecule has 44 heavy (non-hydrogen) atoms. The average molecular weight is 622 g/mol. The highest BCUT2D eigenvalue weighted by Gasteiger charge is 2.60. The molecule has 0 amide bonds. The first kappa shape index (κ1) is 29.1. The van der Waals surface area contributed by atoms with Crippen LogP contribution in [0.25, 0.3) is 0 Å². The van der Waals surface area contributed by atoms with Crippen molar-refractivity contribution in [2.75, 3.05) is 33.3 Å². The van der Waals surface area contributed by atoms with Gasteiger partial charge in [0.25, 0.3) is 0 Å². The van der Waals surface area contributed by atoms with E-state index in [2.05, 4.69) is 21.9 Å². The van der Waals surface area contributed by atoms with Crippen molar-refractivity contribution in [2.24, 2.45) is 5.92 Å². The van der Waals surface area contributed by atoms with Gasteiger partial charge in [0, 0.05) is 47.0 Å². The molecule has 0 saturated carbocycles. The van der Waals surface area contributed by atoms with E-state index in [1.807, 2.05) is 27.8 Å². The predicted molar refractivity (Wildman–Crippen MR) is 159 cm³/mol. The van der Waals surface area contributed by atoms with E-state index in [9.17, 15) is 20.0 Å². The third-order valence-corrected chi connectivity index (χ3v) is 11.4. The van der Waals surface area contributed by atoms with E-state index in [0.717, 1.165) is 22.3 Å². The summed E-state index contributed by atoms with van der Waals surface area (Å²) in [5.74, 6) is 1.17. The molecule has 11 nitrogen and oxygen atoms in total. The number of esters is 2. The molecule has 2 aromatic rings. The van der Waals surface area contributed by atoms with Crippen LogP contribution in [0.4, 0.5) is 0 Å². The zero-order valence-electron chi connectivity index (χ0n) is 25.5. The average Bonchev–Trinajstić information content (AvgIpc) is 3.47. The number of hydrogen-bond acceptors (Lipinski definition) is 12. The lowest BCUT2D eigenvalue weighted by Gasteiger charge is -2.61. The number of aromatic hydroxyl groups is 1. The molecule has 0 spiro atoms. The molecule has 5 heterocycles. The van der Waals surface area contributed by atoms with Crippen molar-refractivity contribution in [3.8, 4) is 34.8 Å². The Morgan fingerprint density at radius 2 is 1.91 bits per heavy atom. The Bertz CT molecular complexity index is 1640. The second kappa shape index (κ2) is 10.5. The molecule has 3 unspecified atom stereocenters. The van der Waals surface area contributed by atoms with Gasteiger partial charge in [-0.3, -0.25) is 19.4 Å². The zero-order valence-corrected chi connectivity index (χ0v) is 26.3. The van der Waals surface area contributed by atoms with Gasteiger partial charge in [-0.05, 0) is 38.4 Å². The van der Waals surface area contributed by atoms with Gasteiger partial charge in [0.1, 0.15) is 18.4 Å². The van der Waals surface area contributed by atoms with Crippen molar-refractivity contribution < 1.29 is 38.4 Å². The van der Waals surface area contributed by atoms with Gasteiger partial charge in [0.2, 0.25) is 6.79 Å². The van der Waals surface area contributed by atoms with Gasteiger partial charge in [-0.15, -0.1) is 0 Å². The van der Waals surface area contributed by atoms with E-state index >= 15 is 0 Å². The van der Waals surface area contributed by atoms with Gasteiger partial charge < -0.3 is 28.8 Å². The lowest BCUT2D eigenvalue weighted by Crippen LogP contribution is -2.69. The van der Waals surface area contributed by atoms with Gasteiger partial charge >= 0.3 is 11.9 Å². The summed E-state index contributed by atoms with van der Waals surface area (Å²) < 4.78 is 29.6. The third-order valence-electron chi connectivity index (χ3n) is 9.86. The van der Waals surface area contributed by atoms with Crippen molar-refractivity contribution in [1.29, 1.82) is 5.26 Å². The number of phenolic OH excluding ortho intramolecular Hbond substituents is 1. The summed E-state index contributed by atoms with van der Waals surface area (Å²) in [7, 11) is 3.55. The number of ether oxygens (including phenoxy) is 5. The summed E-state index contributed by atoms with van der Waals surface area (Å²) >= 11 is 1.57. The van der Waals surface area contributed by atoms with Gasteiger partial charge in [-0.25, -0.2) is 0 Å². The number of phenols is 1. The second-order valence-electron chi connectivity index (χ2n) is 12.3. The lowest BCUT2D eigenvalue weighted by atomic mass is 9.71. The van der Waals surface area contributed by atoms with E-state index in [-0.39, 0.29) is 54.4 Å². The van der Waals surface area contributed by atoms with Crippen LogP contribution in [0.5, 0.6) is 28.7 Å². The molecule has 7 rings (SSSR count). The van der Waals surface area contributed by atoms with Crippen LogP contribution in [0.2, 0.25) is 0 Å². The molecule has 4 bridgehead atoms. The molecule has 2 fully saturated rings. The lowest BCUT2D eigenvalue weighted by molar-refractivity contribution is -0.153. The highest BCUT2D eigenvalue weighted by Crippen LogP contribution is 2.64. The number of nitrogens with zero attached hydrogens (tertiary/aromatic N) is 3. The van der Waals surface area contributed by atoms with Crippen molar-refractivity contribution in [3.05, 3.63) is 39.4 Å². The number of hydrogen-bond donors (Lipinski definition) is 1. The molecule has 1 N–H and O–H groups in total. The molecule has 0 aromatic heterocycles. The van der Waals surface area contributed by atoms with Crippen LogP contribution >= 0.6 is 11.8 Å². The molecule has 5 aliphatic rings. The van der Waals surface area contributed by atoms with Crippen LogP contribution in [0.15, 0.2) is 6.07 Å². The number of fused-ring (bicyclic) bond motifs is 9. The van der Waals surface area contributed by atoms with E-state index in [0.29, 0.717) is 46.3 Å². The summed E-state index contributed by atoms with van der Waals surface area (Å²) in [5.41, 5.74) is 4.70. The molecule has 0 radical (unpaired) electrons. The highest BCUT2D eigenvalue weighted by atomic mass is 32.2. The first-order valence-corrected chi connectivity index (χ1v) is 15.8. The first-order valence-electron chi connectivity index (χ1n) is 14.8. The topological polar surface area (TPSA) is 131 Å². The number of carbonyl (C=O) groups excluding carboxylic acids is 2. The molecule has 0 aliphatic carbocycles. The SMILES string of the molecule is COc1c(C)cc2c(c1O)[C@@H]1C3[C@@H]4SCC(C)C(=O)OC[C@@H](c5c6c(c(C)c(OC(C)=O)c54)OCO6)N3C(C#N)[C@H](C2)N1C. The second-order valence-corrected chi connectivity index (χ2v) is 13.5. The number of likely N-dealkylation sites (N-methyl/N-ethyl adjacent to an activating group) is 1. The maximum Gasteiger partial charge on any atom is 0.309 e. The molecule has 232 valence electrons. The van der Waals surface area contributed by atoms with Crippen molar-refractivity contribution in [2.45, 2.75) is 69.6 Å². The molecular formula is C32H35N3O8S. The van der Waals surface area contributed by atoms with Crippen LogP contribution in [-0.4, -0.2) is 78.3 Å². The van der Waals surface area contributed by atoms with Crippen LogP contribution < -0.4 is 18.9 Å². The number of cyclic esters (lactones) is 1. The van der Waals surface area contributed by atoms with Gasteiger partial charge in [0.05, 0.1) is 36.4 Å². The summed E-state index contributed by atoms with van der Waals surface area (Å²) in [4.78, 5) is 30.0. The van der Waals surface area contributed by atoms with E-state index in [1.54, 1.807) is 18.9 Å². The molecule has 5 aliphatic heterocycles. The third kappa shape index (κ3) is 3.95.